The Morgan fingerprint density at radius 2 is 0.848 bits per heavy atom. The van der Waals surface area contributed by atoms with Crippen molar-refractivity contribution in [2.75, 3.05) is 17.3 Å². The number of nitrogens with zero attached hydrogens (tertiary/aromatic N) is 3. The van der Waals surface area contributed by atoms with Crippen molar-refractivity contribution in [3.05, 3.63) is 31.5 Å². The monoisotopic (exact) mass is 576 g/mol. The fourth-order valence-electron chi connectivity index (χ4n) is 2.65. The Hall–Kier alpha value is -1.47. The topological polar surface area (TPSA) is 172 Å². The Balaban J connectivity index is 3.65. The van der Waals surface area contributed by atoms with Crippen LogP contribution in [-0.4, -0.2) is 64.8 Å². The third-order valence-corrected chi connectivity index (χ3v) is 5.51. The molecule has 18 heteroatoms. The lowest BCUT2D eigenvalue weighted by Gasteiger charge is -2.22. The molecule has 0 aliphatic carbocycles. The summed E-state index contributed by atoms with van der Waals surface area (Å²) in [4.78, 5) is 39.3. The van der Waals surface area contributed by atoms with Crippen LogP contribution in [0.1, 0.15) is 0 Å². The van der Waals surface area contributed by atoms with Crippen LogP contribution in [-0.2, 0) is 33.8 Å². The summed E-state index contributed by atoms with van der Waals surface area (Å²) in [5.41, 5.74) is 13.4. The van der Waals surface area contributed by atoms with Crippen LogP contribution in [0.4, 0.5) is 0 Å². The van der Waals surface area contributed by atoms with E-state index in [1.807, 2.05) is 0 Å². The number of aromatic nitrogens is 3. The van der Waals surface area contributed by atoms with Gasteiger partial charge in [-0.05, 0) is 36.7 Å². The second-order valence-corrected chi connectivity index (χ2v) is 8.71. The van der Waals surface area contributed by atoms with Crippen molar-refractivity contribution in [1.82, 2.24) is 13.7 Å². The maximum atomic E-state index is 13.1. The summed E-state index contributed by atoms with van der Waals surface area (Å²) in [6, 6.07) is 0. The lowest BCUT2D eigenvalue weighted by Crippen LogP contribution is -2.58. The van der Waals surface area contributed by atoms with Gasteiger partial charge in [-0.3, -0.25) is 0 Å². The van der Waals surface area contributed by atoms with Crippen LogP contribution in [0, 0.1) is 0 Å². The Morgan fingerprint density at radius 3 is 1.00 bits per heavy atom. The number of nitrogens with two attached hydrogens (primary N) is 3. The van der Waals surface area contributed by atoms with Crippen molar-refractivity contribution < 1.29 is 14.2 Å². The number of rotatable bonds is 12. The molecule has 33 heavy (non-hydrogen) atoms. The van der Waals surface area contributed by atoms with E-state index >= 15 is 0 Å². The second-order valence-electron chi connectivity index (χ2n) is 6.40. The van der Waals surface area contributed by atoms with Gasteiger partial charge in [0.15, 0.2) is 0 Å². The van der Waals surface area contributed by atoms with Gasteiger partial charge in [-0.1, -0.05) is 0 Å². The van der Waals surface area contributed by atoms with Crippen molar-refractivity contribution in [3.8, 4) is 0 Å². The van der Waals surface area contributed by atoms with Crippen molar-refractivity contribution in [3.63, 3.8) is 0 Å². The molecule has 1 heterocycles. The summed E-state index contributed by atoms with van der Waals surface area (Å²) in [5.74, 6) is 0.196. The van der Waals surface area contributed by atoms with Gasteiger partial charge >= 0.3 is 17.1 Å². The van der Waals surface area contributed by atoms with Gasteiger partial charge in [0.1, 0.15) is 18.3 Å². The van der Waals surface area contributed by atoms with E-state index in [0.29, 0.717) is 0 Å². The van der Waals surface area contributed by atoms with Crippen LogP contribution in [0.2, 0.25) is 0 Å². The van der Waals surface area contributed by atoms with Gasteiger partial charge in [-0.2, -0.15) is 37.9 Å². The van der Waals surface area contributed by atoms with Crippen LogP contribution in [0.15, 0.2) is 14.4 Å². The molecule has 1 aromatic rings. The number of thiol groups is 3. The second kappa shape index (κ2) is 14.1. The smallest absolute Gasteiger partial charge is 0.336 e. The molecule has 186 valence electrons. The van der Waals surface area contributed by atoms with Crippen molar-refractivity contribution in [2.45, 2.75) is 37.9 Å². The minimum absolute atomic E-state index is 0.0655. The highest BCUT2D eigenvalue weighted by molar-refractivity contribution is 7.81. The molecular formula is C15H24N6O6S6. The predicted octanol–water partition coefficient (Wildman–Crippen LogP) is -2.15. The summed E-state index contributed by atoms with van der Waals surface area (Å²) >= 11 is 26.5. The Morgan fingerprint density at radius 1 is 0.636 bits per heavy atom. The van der Waals surface area contributed by atoms with Gasteiger partial charge in [-0.25, -0.2) is 28.1 Å². The van der Waals surface area contributed by atoms with Crippen LogP contribution in [0.25, 0.3) is 0 Å². The van der Waals surface area contributed by atoms with E-state index in [1.54, 1.807) is 0 Å². The SMILES string of the molecule is NC(=S)OC(CS)Cn1c(=O)n(CC(CS)OC(N)=S)c(=O)n(CC(CS)OC(N)=S)c1=O. The molecule has 0 radical (unpaired) electrons. The Labute approximate surface area is 220 Å². The molecule has 0 aliphatic rings. The summed E-state index contributed by atoms with van der Waals surface area (Å²) in [6.45, 7) is -0.910. The molecular weight excluding hydrogens is 553 g/mol. The first kappa shape index (κ1) is 29.6. The molecule has 3 unspecified atom stereocenters. The first-order valence-electron chi connectivity index (χ1n) is 9.10. The molecule has 3 atom stereocenters. The minimum Gasteiger partial charge on any atom is -0.465 e. The first-order valence-corrected chi connectivity index (χ1v) is 12.2. The lowest BCUT2D eigenvalue weighted by atomic mass is 10.3. The largest absolute Gasteiger partial charge is 0.465 e. The van der Waals surface area contributed by atoms with Gasteiger partial charge in [0.2, 0.25) is 0 Å². The molecule has 12 nitrogen and oxygen atoms in total. The molecule has 0 fully saturated rings. The van der Waals surface area contributed by atoms with Crippen molar-refractivity contribution in [2.24, 2.45) is 17.2 Å². The Kier molecular flexibility index (Phi) is 12.6. The van der Waals surface area contributed by atoms with Crippen molar-refractivity contribution >= 4 is 90.1 Å². The summed E-state index contributed by atoms with van der Waals surface area (Å²) in [6.07, 6.45) is -2.51. The zero-order chi connectivity index (χ0) is 25.3. The first-order chi connectivity index (χ1) is 15.4. The number of hydrogen-bond donors (Lipinski definition) is 6. The van der Waals surface area contributed by atoms with Gasteiger partial charge in [0, 0.05) is 17.3 Å². The molecule has 1 aromatic heterocycles. The van der Waals surface area contributed by atoms with E-state index in [2.05, 4.69) is 37.9 Å². The molecule has 0 aliphatic heterocycles. The maximum absolute atomic E-state index is 13.1. The molecule has 0 saturated heterocycles. The molecule has 0 aromatic carbocycles. The predicted molar refractivity (Wildman–Crippen MR) is 146 cm³/mol. The average molecular weight is 577 g/mol. The molecule has 6 N–H and O–H groups in total. The molecule has 0 amide bonds. The highest BCUT2D eigenvalue weighted by atomic mass is 32.1. The highest BCUT2D eigenvalue weighted by Gasteiger charge is 2.24. The maximum Gasteiger partial charge on any atom is 0.336 e. The fraction of sp³-hybridized carbons (Fsp3) is 0.600. The quantitative estimate of drug-likeness (QED) is 0.118. The summed E-state index contributed by atoms with van der Waals surface area (Å²) in [7, 11) is 0. The molecule has 0 spiro atoms. The normalized spacial score (nSPS) is 13.5. The van der Waals surface area contributed by atoms with Gasteiger partial charge in [0.05, 0.1) is 19.6 Å². The van der Waals surface area contributed by atoms with E-state index in [9.17, 15) is 14.4 Å². The Bertz CT molecular complexity index is 883. The van der Waals surface area contributed by atoms with Crippen LogP contribution in [0.5, 0.6) is 0 Å². The standard InChI is InChI=1S/C15H24N6O6S6/c16-10(31)25-7(4-28)1-19-13(22)20(2-8(5-29)26-11(17)32)15(24)21(14(19)23)3-9(6-30)27-12(18)33/h7-9,28-30H,1-6H2,(H2,16,31)(H2,17,32)(H2,18,33). The van der Waals surface area contributed by atoms with Gasteiger partial charge in [0.25, 0.3) is 15.5 Å². The van der Waals surface area contributed by atoms with Gasteiger partial charge in [-0.15, -0.1) is 0 Å². The lowest BCUT2D eigenvalue weighted by molar-refractivity contribution is 0.164. The zero-order valence-electron chi connectivity index (χ0n) is 17.1. The third kappa shape index (κ3) is 9.01. The van der Waals surface area contributed by atoms with E-state index < -0.39 is 35.4 Å². The van der Waals surface area contributed by atoms with Crippen LogP contribution < -0.4 is 34.3 Å². The molecule has 0 bridgehead atoms. The highest BCUT2D eigenvalue weighted by Crippen LogP contribution is 2.01. The van der Waals surface area contributed by atoms with E-state index in [1.165, 1.54) is 0 Å². The van der Waals surface area contributed by atoms with Gasteiger partial charge < -0.3 is 31.4 Å². The van der Waals surface area contributed by atoms with Crippen molar-refractivity contribution in [1.29, 1.82) is 0 Å². The third-order valence-electron chi connectivity index (χ3n) is 4.00. The fourth-order valence-corrected chi connectivity index (χ4v) is 3.63. The molecule has 1 rings (SSSR count). The van der Waals surface area contributed by atoms with E-state index in [-0.39, 0.29) is 52.4 Å². The van der Waals surface area contributed by atoms with E-state index in [4.69, 9.17) is 68.1 Å². The van der Waals surface area contributed by atoms with Crippen LogP contribution >= 0.6 is 74.5 Å². The number of hydrogen-bond acceptors (Lipinski definition) is 12. The summed E-state index contributed by atoms with van der Waals surface area (Å²) in [5, 5.41) is -0.887. The van der Waals surface area contributed by atoms with E-state index in [0.717, 1.165) is 13.7 Å². The minimum atomic E-state index is -0.935. The number of ether oxygens (including phenoxy) is 3. The average Bonchev–Trinajstić information content (AvgIpc) is 2.73. The summed E-state index contributed by atoms with van der Waals surface area (Å²) < 4.78 is 18.0. The zero-order valence-corrected chi connectivity index (χ0v) is 22.2. The van der Waals surface area contributed by atoms with Crippen LogP contribution in [0.3, 0.4) is 0 Å². The molecule has 0 saturated carbocycles. The number of thiocarbonyl (C=S) groups is 3.